The monoisotopic (exact) mass is 400 g/mol. The van der Waals surface area contributed by atoms with Gasteiger partial charge in [0.1, 0.15) is 11.4 Å². The normalized spacial score (nSPS) is 18.8. The van der Waals surface area contributed by atoms with Gasteiger partial charge < -0.3 is 25.3 Å². The summed E-state index contributed by atoms with van der Waals surface area (Å²) in [6.45, 7) is 0. The maximum absolute atomic E-state index is 13.7. The highest BCUT2D eigenvalue weighted by molar-refractivity contribution is 5.97. The molecule has 1 aromatic heterocycles. The summed E-state index contributed by atoms with van der Waals surface area (Å²) < 4.78 is 57.5. The molecule has 3 rings (SSSR count). The van der Waals surface area contributed by atoms with Crippen LogP contribution in [0.3, 0.4) is 0 Å². The Kier molecular flexibility index (Phi) is 5.01. The number of anilines is 1. The Morgan fingerprint density at radius 3 is 2.29 bits per heavy atom. The SMILES string of the molecule is COc1cc([C@H]2C[C@@H](C(F)(F)F)n3ncc(C(N)=O)c3N2)cc(OC)c1OC. The first-order chi connectivity index (χ1) is 13.2. The van der Waals surface area contributed by atoms with Crippen molar-refractivity contribution in [2.24, 2.45) is 5.73 Å². The quantitative estimate of drug-likeness (QED) is 0.800. The van der Waals surface area contributed by atoms with Crippen molar-refractivity contribution >= 4 is 11.7 Å². The molecule has 0 unspecified atom stereocenters. The summed E-state index contributed by atoms with van der Waals surface area (Å²) >= 11 is 0. The van der Waals surface area contributed by atoms with Crippen molar-refractivity contribution in [2.45, 2.75) is 24.7 Å². The molecule has 8 nitrogen and oxygen atoms in total. The van der Waals surface area contributed by atoms with Crippen LogP contribution in [0.15, 0.2) is 18.3 Å². The van der Waals surface area contributed by atoms with E-state index in [0.717, 1.165) is 10.9 Å². The molecule has 1 aliphatic rings. The van der Waals surface area contributed by atoms with E-state index in [4.69, 9.17) is 19.9 Å². The summed E-state index contributed by atoms with van der Waals surface area (Å²) in [4.78, 5) is 11.6. The number of alkyl halides is 3. The van der Waals surface area contributed by atoms with Gasteiger partial charge in [0.15, 0.2) is 17.5 Å². The van der Waals surface area contributed by atoms with Crippen LogP contribution in [0.1, 0.15) is 34.4 Å². The number of nitrogens with one attached hydrogen (secondary N) is 1. The summed E-state index contributed by atoms with van der Waals surface area (Å²) in [5.74, 6) is -0.0346. The highest BCUT2D eigenvalue weighted by Crippen LogP contribution is 2.47. The van der Waals surface area contributed by atoms with E-state index in [9.17, 15) is 18.0 Å². The first kappa shape index (κ1) is 19.6. The van der Waals surface area contributed by atoms with E-state index >= 15 is 0 Å². The second-order valence-electron chi connectivity index (χ2n) is 6.16. The van der Waals surface area contributed by atoms with Crippen molar-refractivity contribution < 1.29 is 32.2 Å². The largest absolute Gasteiger partial charge is 0.493 e. The molecule has 0 saturated carbocycles. The van der Waals surface area contributed by atoms with E-state index in [1.54, 1.807) is 12.1 Å². The Morgan fingerprint density at radius 2 is 1.82 bits per heavy atom. The summed E-state index contributed by atoms with van der Waals surface area (Å²) in [6.07, 6.45) is -3.90. The predicted molar refractivity (Wildman–Crippen MR) is 92.9 cm³/mol. The van der Waals surface area contributed by atoms with Crippen molar-refractivity contribution in [1.29, 1.82) is 0 Å². The Labute approximate surface area is 158 Å². The zero-order chi connectivity index (χ0) is 20.6. The third-order valence-electron chi connectivity index (χ3n) is 4.59. The second kappa shape index (κ2) is 7.13. The first-order valence-corrected chi connectivity index (χ1v) is 8.21. The molecule has 0 saturated heterocycles. The van der Waals surface area contributed by atoms with Crippen molar-refractivity contribution in [3.05, 3.63) is 29.5 Å². The molecule has 2 heterocycles. The van der Waals surface area contributed by atoms with E-state index in [-0.39, 0.29) is 17.8 Å². The summed E-state index contributed by atoms with van der Waals surface area (Å²) in [5, 5.41) is 6.65. The number of carbonyl (C=O) groups excluding carboxylic acids is 1. The van der Waals surface area contributed by atoms with Crippen molar-refractivity contribution in [3.8, 4) is 17.2 Å². The second-order valence-corrected chi connectivity index (χ2v) is 6.16. The molecule has 0 radical (unpaired) electrons. The molecule has 1 aliphatic heterocycles. The number of nitrogens with zero attached hydrogens (tertiary/aromatic N) is 2. The smallest absolute Gasteiger partial charge is 0.410 e. The van der Waals surface area contributed by atoms with Crippen LogP contribution in [0.4, 0.5) is 19.0 Å². The fraction of sp³-hybridized carbons (Fsp3) is 0.412. The molecule has 2 aromatic rings. The van der Waals surface area contributed by atoms with Crippen molar-refractivity contribution in [2.75, 3.05) is 26.6 Å². The Balaban J connectivity index is 2.11. The van der Waals surface area contributed by atoms with Crippen LogP contribution in [0, 0.1) is 0 Å². The zero-order valence-electron chi connectivity index (χ0n) is 15.3. The van der Waals surface area contributed by atoms with Gasteiger partial charge in [-0.05, 0) is 17.7 Å². The van der Waals surface area contributed by atoms with Gasteiger partial charge in [0.25, 0.3) is 5.91 Å². The van der Waals surface area contributed by atoms with Gasteiger partial charge in [-0.15, -0.1) is 0 Å². The minimum absolute atomic E-state index is 0.0835. The maximum atomic E-state index is 13.7. The van der Waals surface area contributed by atoms with Crippen molar-refractivity contribution in [3.63, 3.8) is 0 Å². The lowest BCUT2D eigenvalue weighted by atomic mass is 9.95. The molecule has 1 aromatic carbocycles. The summed E-state index contributed by atoms with van der Waals surface area (Å²) in [6, 6.07) is 0.383. The number of benzene rings is 1. The highest BCUT2D eigenvalue weighted by atomic mass is 19.4. The number of hydrogen-bond donors (Lipinski definition) is 2. The summed E-state index contributed by atoms with van der Waals surface area (Å²) in [7, 11) is 4.25. The molecule has 1 amide bonds. The number of nitrogens with two attached hydrogens (primary N) is 1. The van der Waals surface area contributed by atoms with Gasteiger partial charge in [0, 0.05) is 6.42 Å². The van der Waals surface area contributed by atoms with Gasteiger partial charge in [-0.2, -0.15) is 18.3 Å². The van der Waals surface area contributed by atoms with Gasteiger partial charge in [-0.3, -0.25) is 4.79 Å². The first-order valence-electron chi connectivity index (χ1n) is 8.21. The lowest BCUT2D eigenvalue weighted by Crippen LogP contribution is -2.36. The van der Waals surface area contributed by atoms with E-state index in [1.807, 2.05) is 0 Å². The molecule has 2 atom stereocenters. The molecular formula is C17H19F3N4O4. The van der Waals surface area contributed by atoms with Crippen LogP contribution in [0.25, 0.3) is 0 Å². The Hall–Kier alpha value is -3.11. The minimum atomic E-state index is -4.57. The lowest BCUT2D eigenvalue weighted by Gasteiger charge is -2.34. The van der Waals surface area contributed by atoms with Crippen LogP contribution < -0.4 is 25.3 Å². The highest BCUT2D eigenvalue weighted by Gasteiger charge is 2.47. The van der Waals surface area contributed by atoms with E-state index < -0.39 is 24.2 Å². The Morgan fingerprint density at radius 1 is 1.21 bits per heavy atom. The standard InChI is InChI=1S/C17H19F3N4O4/c1-26-11-4-8(5-12(27-2)14(11)28-3)10-6-13(17(18,19)20)24-16(23-10)9(7-22-24)15(21)25/h4-5,7,10,13,23H,6H2,1-3H3,(H2,21,25)/t10-,13+/m1/s1. The van der Waals surface area contributed by atoms with Gasteiger partial charge in [0.05, 0.1) is 33.6 Å². The molecule has 28 heavy (non-hydrogen) atoms. The number of rotatable bonds is 5. The topological polar surface area (TPSA) is 101 Å². The molecule has 11 heteroatoms. The number of carbonyl (C=O) groups is 1. The van der Waals surface area contributed by atoms with Gasteiger partial charge in [0.2, 0.25) is 5.75 Å². The number of primary amides is 1. The fourth-order valence-corrected chi connectivity index (χ4v) is 3.26. The van der Waals surface area contributed by atoms with E-state index in [1.165, 1.54) is 21.3 Å². The third-order valence-corrected chi connectivity index (χ3v) is 4.59. The van der Waals surface area contributed by atoms with Crippen LogP contribution in [-0.4, -0.2) is 43.2 Å². The average molecular weight is 400 g/mol. The van der Waals surface area contributed by atoms with E-state index in [2.05, 4.69) is 10.4 Å². The number of halogens is 3. The lowest BCUT2D eigenvalue weighted by molar-refractivity contribution is -0.173. The Bertz CT molecular complexity index is 872. The predicted octanol–water partition coefficient (Wildman–Crippen LogP) is 2.67. The molecule has 0 spiro atoms. The average Bonchev–Trinajstić information content (AvgIpc) is 3.09. The van der Waals surface area contributed by atoms with Gasteiger partial charge in [-0.1, -0.05) is 0 Å². The zero-order valence-corrected chi connectivity index (χ0v) is 15.3. The van der Waals surface area contributed by atoms with Crippen molar-refractivity contribution in [1.82, 2.24) is 9.78 Å². The summed E-state index contributed by atoms with van der Waals surface area (Å²) in [5.41, 5.74) is 5.63. The maximum Gasteiger partial charge on any atom is 0.410 e. The van der Waals surface area contributed by atoms with Crippen LogP contribution in [-0.2, 0) is 0 Å². The van der Waals surface area contributed by atoms with Crippen LogP contribution in [0.2, 0.25) is 0 Å². The molecule has 0 aliphatic carbocycles. The number of amides is 1. The van der Waals surface area contributed by atoms with Gasteiger partial charge >= 0.3 is 6.18 Å². The number of fused-ring (bicyclic) bond motifs is 1. The van der Waals surface area contributed by atoms with Crippen LogP contribution >= 0.6 is 0 Å². The minimum Gasteiger partial charge on any atom is -0.493 e. The third kappa shape index (κ3) is 3.27. The molecule has 3 N–H and O–H groups in total. The molecular weight excluding hydrogens is 381 g/mol. The van der Waals surface area contributed by atoms with Gasteiger partial charge in [-0.25, -0.2) is 4.68 Å². The number of methoxy groups -OCH3 is 3. The van der Waals surface area contributed by atoms with Crippen LogP contribution in [0.5, 0.6) is 17.2 Å². The molecule has 0 fully saturated rings. The van der Waals surface area contributed by atoms with E-state index in [0.29, 0.717) is 22.8 Å². The number of ether oxygens (including phenoxy) is 3. The number of hydrogen-bond acceptors (Lipinski definition) is 6. The fourth-order valence-electron chi connectivity index (χ4n) is 3.26. The molecule has 0 bridgehead atoms. The number of aromatic nitrogens is 2. The molecule has 152 valence electrons.